The van der Waals surface area contributed by atoms with Gasteiger partial charge in [-0.1, -0.05) is 18.2 Å². The van der Waals surface area contributed by atoms with Crippen molar-refractivity contribution in [3.8, 4) is 5.75 Å². The number of ether oxygens (including phenoxy) is 1. The van der Waals surface area contributed by atoms with Crippen molar-refractivity contribution in [3.05, 3.63) is 64.9 Å². The number of amides is 3. The fourth-order valence-corrected chi connectivity index (χ4v) is 5.45. The number of likely N-dealkylation sites (tertiary alicyclic amines) is 2. The van der Waals surface area contributed by atoms with Crippen LogP contribution in [0.2, 0.25) is 0 Å². The molecule has 2 aromatic carbocycles. The Morgan fingerprint density at radius 3 is 2.41 bits per heavy atom. The second-order valence-electron chi connectivity index (χ2n) is 10.3. The van der Waals surface area contributed by atoms with Crippen LogP contribution in [-0.2, 0) is 4.79 Å². The number of nitrogens with zero attached hydrogens (tertiary/aromatic N) is 2. The number of para-hydroxylation sites is 1. The van der Waals surface area contributed by atoms with Gasteiger partial charge in [0.1, 0.15) is 0 Å². The monoisotopic (exact) mass is 503 g/mol. The van der Waals surface area contributed by atoms with Crippen LogP contribution < -0.4 is 10.1 Å². The minimum Gasteiger partial charge on any atom is -0.493 e. The molecule has 0 aliphatic carbocycles. The molecule has 3 heterocycles. The Kier molecular flexibility index (Phi) is 6.67. The van der Waals surface area contributed by atoms with E-state index in [0.717, 1.165) is 35.8 Å². The molecule has 194 valence electrons. The largest absolute Gasteiger partial charge is 0.493 e. The van der Waals surface area contributed by atoms with Crippen LogP contribution in [0.4, 0.5) is 0 Å². The summed E-state index contributed by atoms with van der Waals surface area (Å²) in [6.07, 6.45) is 2.58. The zero-order valence-corrected chi connectivity index (χ0v) is 21.6. The lowest BCUT2D eigenvalue weighted by molar-refractivity contribution is -0.129. The summed E-state index contributed by atoms with van der Waals surface area (Å²) in [6.45, 7) is 6.54. The summed E-state index contributed by atoms with van der Waals surface area (Å²) in [5, 5.41) is 3.61. The summed E-state index contributed by atoms with van der Waals surface area (Å²) in [5.74, 6) is 0.505. The minimum absolute atomic E-state index is 0.0119. The van der Waals surface area contributed by atoms with E-state index in [1.54, 1.807) is 19.2 Å². The predicted molar refractivity (Wildman–Crippen MR) is 140 cm³/mol. The molecule has 2 aliphatic rings. The maximum absolute atomic E-state index is 13.1. The Morgan fingerprint density at radius 2 is 1.70 bits per heavy atom. The van der Waals surface area contributed by atoms with E-state index >= 15 is 0 Å². The van der Waals surface area contributed by atoms with Gasteiger partial charge >= 0.3 is 0 Å². The normalized spacial score (nSPS) is 16.8. The van der Waals surface area contributed by atoms with Gasteiger partial charge in [0.25, 0.3) is 11.8 Å². The van der Waals surface area contributed by atoms with Gasteiger partial charge in [-0.15, -0.1) is 0 Å². The van der Waals surface area contributed by atoms with Crippen LogP contribution in [0, 0.1) is 19.3 Å². The number of benzene rings is 2. The summed E-state index contributed by atoms with van der Waals surface area (Å²) < 4.78 is 11.2. The van der Waals surface area contributed by atoms with Crippen LogP contribution in [-0.4, -0.2) is 67.4 Å². The zero-order chi connectivity index (χ0) is 26.2. The number of nitrogens with one attached hydrogen (secondary N) is 1. The summed E-state index contributed by atoms with van der Waals surface area (Å²) in [7, 11) is 1.58. The van der Waals surface area contributed by atoms with Crippen LogP contribution in [0.5, 0.6) is 5.75 Å². The smallest absolute Gasteiger partial charge is 0.289 e. The molecule has 2 aliphatic heterocycles. The van der Waals surface area contributed by atoms with Crippen molar-refractivity contribution in [1.82, 2.24) is 15.1 Å². The average molecular weight is 504 g/mol. The van der Waals surface area contributed by atoms with E-state index in [4.69, 9.17) is 9.15 Å². The van der Waals surface area contributed by atoms with Crippen molar-refractivity contribution in [3.63, 3.8) is 0 Å². The molecule has 1 spiro atoms. The van der Waals surface area contributed by atoms with Crippen LogP contribution >= 0.6 is 0 Å². The Labute approximate surface area is 216 Å². The van der Waals surface area contributed by atoms with Gasteiger partial charge in [-0.05, 0) is 73.9 Å². The molecule has 3 aromatic rings. The number of hydrogen-bond donors (Lipinski definition) is 1. The second kappa shape index (κ2) is 9.92. The van der Waals surface area contributed by atoms with Crippen molar-refractivity contribution in [2.24, 2.45) is 5.41 Å². The van der Waals surface area contributed by atoms with E-state index < -0.39 is 0 Å². The molecule has 8 heteroatoms. The molecule has 0 saturated carbocycles. The number of methoxy groups -OCH3 is 1. The Hall–Kier alpha value is -3.81. The average Bonchev–Trinajstić information content (AvgIpc) is 3.53. The summed E-state index contributed by atoms with van der Waals surface area (Å²) >= 11 is 0. The summed E-state index contributed by atoms with van der Waals surface area (Å²) in [5.41, 5.74) is 3.33. The predicted octanol–water partition coefficient (Wildman–Crippen LogP) is 3.94. The molecule has 0 unspecified atom stereocenters. The summed E-state index contributed by atoms with van der Waals surface area (Å²) in [4.78, 5) is 42.2. The lowest BCUT2D eigenvalue weighted by atomic mass is 9.77. The number of aryl methyl sites for hydroxylation is 2. The number of hydrogen-bond acceptors (Lipinski definition) is 5. The Balaban J connectivity index is 1.14. The van der Waals surface area contributed by atoms with E-state index in [-0.39, 0.29) is 29.7 Å². The van der Waals surface area contributed by atoms with Gasteiger partial charge in [0.15, 0.2) is 17.1 Å². The number of carbonyl (C=O) groups is 3. The first-order valence-corrected chi connectivity index (χ1v) is 12.8. The van der Waals surface area contributed by atoms with Gasteiger partial charge in [0.05, 0.1) is 13.7 Å². The lowest BCUT2D eigenvalue weighted by Gasteiger charge is -2.39. The van der Waals surface area contributed by atoms with Gasteiger partial charge in [0, 0.05) is 37.1 Å². The zero-order valence-electron chi connectivity index (χ0n) is 21.6. The first-order chi connectivity index (χ1) is 17.8. The first-order valence-electron chi connectivity index (χ1n) is 12.8. The van der Waals surface area contributed by atoms with Gasteiger partial charge in [0.2, 0.25) is 5.91 Å². The highest BCUT2D eigenvalue weighted by molar-refractivity contribution is 5.98. The number of fused-ring (bicyclic) bond motifs is 1. The molecule has 1 aromatic heterocycles. The van der Waals surface area contributed by atoms with Gasteiger partial charge in [-0.2, -0.15) is 0 Å². The van der Waals surface area contributed by atoms with Crippen molar-refractivity contribution in [2.45, 2.75) is 33.1 Å². The van der Waals surface area contributed by atoms with Crippen molar-refractivity contribution < 1.29 is 23.5 Å². The molecule has 0 radical (unpaired) electrons. The molecule has 3 amide bonds. The van der Waals surface area contributed by atoms with E-state index in [0.29, 0.717) is 48.8 Å². The topological polar surface area (TPSA) is 92.1 Å². The molecule has 8 nitrogen and oxygen atoms in total. The maximum atomic E-state index is 13.1. The van der Waals surface area contributed by atoms with Gasteiger partial charge in [-0.25, -0.2) is 0 Å². The third-order valence-corrected chi connectivity index (χ3v) is 8.01. The van der Waals surface area contributed by atoms with Crippen LogP contribution in [0.15, 0.2) is 46.9 Å². The molecule has 0 atom stereocenters. The number of furan rings is 1. The molecule has 1 N–H and O–H groups in total. The van der Waals surface area contributed by atoms with Gasteiger partial charge < -0.3 is 24.3 Å². The third kappa shape index (κ3) is 4.92. The molecule has 0 bridgehead atoms. The van der Waals surface area contributed by atoms with Crippen LogP contribution in [0.25, 0.3) is 11.0 Å². The number of carbonyl (C=O) groups excluding carboxylic acids is 3. The Morgan fingerprint density at radius 1 is 0.973 bits per heavy atom. The SMILES string of the molecule is COc1cccc2cc(C(=O)N3CCC4(CCN(C(=O)CNC(=O)c5ccc(C)c(C)c5)C4)CC3)oc12. The van der Waals surface area contributed by atoms with Gasteiger partial charge in [-0.3, -0.25) is 14.4 Å². The molecular formula is C29H33N3O5. The molecule has 37 heavy (non-hydrogen) atoms. The third-order valence-electron chi connectivity index (χ3n) is 8.01. The van der Waals surface area contributed by atoms with E-state index in [9.17, 15) is 14.4 Å². The fraction of sp³-hybridized carbons (Fsp3) is 0.414. The van der Waals surface area contributed by atoms with Crippen LogP contribution in [0.1, 0.15) is 51.3 Å². The quantitative estimate of drug-likeness (QED) is 0.569. The van der Waals surface area contributed by atoms with Crippen molar-refractivity contribution in [2.75, 3.05) is 39.8 Å². The van der Waals surface area contributed by atoms with E-state index in [1.165, 1.54) is 0 Å². The first kappa shape index (κ1) is 24.9. The standard InChI is InChI=1S/C29H33N3O5/c1-19-7-8-22(15-20(19)2)27(34)30-17-25(33)32-14-11-29(18-32)9-12-31(13-10-29)28(35)24-16-21-5-4-6-23(36-3)26(21)37-24/h4-8,15-16H,9-14,17-18H2,1-3H3,(H,30,34). The van der Waals surface area contributed by atoms with E-state index in [2.05, 4.69) is 5.32 Å². The fourth-order valence-electron chi connectivity index (χ4n) is 5.45. The highest BCUT2D eigenvalue weighted by Gasteiger charge is 2.43. The second-order valence-corrected chi connectivity index (χ2v) is 10.3. The molecule has 2 saturated heterocycles. The summed E-state index contributed by atoms with van der Waals surface area (Å²) in [6, 6.07) is 12.9. The minimum atomic E-state index is -0.236. The maximum Gasteiger partial charge on any atom is 0.289 e. The van der Waals surface area contributed by atoms with E-state index in [1.807, 2.05) is 54.0 Å². The molecule has 2 fully saturated rings. The highest BCUT2D eigenvalue weighted by Crippen LogP contribution is 2.41. The highest BCUT2D eigenvalue weighted by atomic mass is 16.5. The number of piperidine rings is 1. The van der Waals surface area contributed by atoms with Crippen LogP contribution in [0.3, 0.4) is 0 Å². The molecule has 5 rings (SSSR count). The van der Waals surface area contributed by atoms with Crippen molar-refractivity contribution >= 4 is 28.7 Å². The van der Waals surface area contributed by atoms with Crippen molar-refractivity contribution in [1.29, 1.82) is 0 Å². The molecular weight excluding hydrogens is 470 g/mol. The Bertz CT molecular complexity index is 1350. The number of rotatable bonds is 5. The lowest BCUT2D eigenvalue weighted by Crippen LogP contribution is -2.45.